The molecule has 0 saturated carbocycles. The van der Waals surface area contributed by atoms with Gasteiger partial charge >= 0.3 is 0 Å². The van der Waals surface area contributed by atoms with E-state index in [2.05, 4.69) is 228 Å². The SMILES string of the molecule is C1=CCC(c2cc(-c3ccccc3)nc(-c3cc(-c4ccccc4)c(-n4c5ccccc5c5ccc6c(c7ccccc7n6-c6ccccc6)c54)c(C4C=CC=CC4)c3)n2)C=C1. The lowest BCUT2D eigenvalue weighted by Crippen LogP contribution is -2.09. The van der Waals surface area contributed by atoms with Crippen LogP contribution in [0.4, 0.5) is 0 Å². The summed E-state index contributed by atoms with van der Waals surface area (Å²) >= 11 is 0. The summed E-state index contributed by atoms with van der Waals surface area (Å²) in [5, 5.41) is 4.93. The Kier molecular flexibility index (Phi) is 8.74. The van der Waals surface area contributed by atoms with E-state index in [0.29, 0.717) is 0 Å². The molecule has 2 aliphatic rings. The number of benzene rings is 7. The number of allylic oxidation sites excluding steroid dienone is 8. The summed E-state index contributed by atoms with van der Waals surface area (Å²) < 4.78 is 5.02. The van der Waals surface area contributed by atoms with E-state index in [1.54, 1.807) is 0 Å². The van der Waals surface area contributed by atoms with Crippen molar-refractivity contribution >= 4 is 43.6 Å². The molecule has 3 aromatic heterocycles. The number of aromatic nitrogens is 4. The first-order valence-electron chi connectivity index (χ1n) is 21.6. The lowest BCUT2D eigenvalue weighted by molar-refractivity contribution is 0.811. The first-order valence-corrected chi connectivity index (χ1v) is 21.6. The van der Waals surface area contributed by atoms with Crippen LogP contribution in [-0.4, -0.2) is 19.1 Å². The zero-order chi connectivity index (χ0) is 41.0. The van der Waals surface area contributed by atoms with E-state index in [1.165, 1.54) is 54.9 Å². The Hall–Kier alpha value is -7.82. The van der Waals surface area contributed by atoms with Crippen molar-refractivity contribution in [3.63, 3.8) is 0 Å². The van der Waals surface area contributed by atoms with Gasteiger partial charge in [0, 0.05) is 55.8 Å². The van der Waals surface area contributed by atoms with Crippen molar-refractivity contribution in [3.05, 3.63) is 230 Å². The lowest BCUT2D eigenvalue weighted by Gasteiger charge is -2.25. The third-order valence-corrected chi connectivity index (χ3v) is 12.7. The minimum absolute atomic E-state index is 0.113. The van der Waals surface area contributed by atoms with Crippen molar-refractivity contribution in [2.75, 3.05) is 0 Å². The van der Waals surface area contributed by atoms with Gasteiger partial charge in [-0.15, -0.1) is 0 Å². The summed E-state index contributed by atoms with van der Waals surface area (Å²) in [5.74, 6) is 1.02. The Morgan fingerprint density at radius 3 is 1.79 bits per heavy atom. The fourth-order valence-corrected chi connectivity index (χ4v) is 9.91. The van der Waals surface area contributed by atoms with Gasteiger partial charge in [-0.2, -0.15) is 0 Å². The van der Waals surface area contributed by atoms with E-state index < -0.39 is 0 Å². The van der Waals surface area contributed by atoms with Gasteiger partial charge < -0.3 is 9.13 Å². The van der Waals surface area contributed by atoms with Crippen LogP contribution in [-0.2, 0) is 0 Å². The van der Waals surface area contributed by atoms with E-state index in [0.717, 1.165) is 58.0 Å². The van der Waals surface area contributed by atoms with Crippen LogP contribution in [0.1, 0.15) is 35.9 Å². The molecule has 0 amide bonds. The van der Waals surface area contributed by atoms with Crippen molar-refractivity contribution < 1.29 is 0 Å². The normalized spacial score (nSPS) is 16.0. The maximum Gasteiger partial charge on any atom is 0.160 e. The Morgan fingerprint density at radius 2 is 1.08 bits per heavy atom. The number of fused-ring (bicyclic) bond motifs is 7. The van der Waals surface area contributed by atoms with Crippen molar-refractivity contribution in [1.82, 2.24) is 19.1 Å². The van der Waals surface area contributed by atoms with Crippen LogP contribution in [0.5, 0.6) is 0 Å². The van der Waals surface area contributed by atoms with Crippen LogP contribution in [0.25, 0.3) is 88.8 Å². The van der Waals surface area contributed by atoms with Gasteiger partial charge in [-0.25, -0.2) is 9.97 Å². The molecule has 0 aliphatic heterocycles. The first kappa shape index (κ1) is 36.1. The van der Waals surface area contributed by atoms with E-state index >= 15 is 0 Å². The minimum atomic E-state index is 0.113. The molecule has 7 aromatic carbocycles. The number of para-hydroxylation sites is 3. The van der Waals surface area contributed by atoms with Crippen LogP contribution < -0.4 is 0 Å². The lowest BCUT2D eigenvalue weighted by atomic mass is 9.86. The maximum atomic E-state index is 5.43. The molecule has 4 heteroatoms. The van der Waals surface area contributed by atoms with Crippen molar-refractivity contribution in [2.45, 2.75) is 24.7 Å². The quantitative estimate of drug-likeness (QED) is 0.161. The van der Waals surface area contributed by atoms with Crippen LogP contribution >= 0.6 is 0 Å². The molecule has 0 radical (unpaired) electrons. The highest BCUT2D eigenvalue weighted by molar-refractivity contribution is 6.26. The molecule has 0 bridgehead atoms. The summed E-state index contributed by atoms with van der Waals surface area (Å²) in [6, 6.07) is 61.6. The Balaban J connectivity index is 1.22. The smallest absolute Gasteiger partial charge is 0.160 e. The standard InChI is InChI=1S/C58H42N4/c1-6-20-39(21-7-1)48-36-43(58-59-50(41-24-10-3-11-25-41)38-51(60-58)42-26-12-4-13-27-42)37-49(40-22-8-2-9-23-40)56(48)62-52-32-18-16-30-45(52)46-34-35-54-55(57(46)62)47-31-17-19-33-53(47)61(54)44-28-14-5-15-29-44/h1-22,24-26,28-38,40,42H,23,27H2. The van der Waals surface area contributed by atoms with Crippen LogP contribution in [0.2, 0.25) is 0 Å². The number of rotatable bonds is 7. The minimum Gasteiger partial charge on any atom is -0.309 e. The molecule has 0 fully saturated rings. The highest BCUT2D eigenvalue weighted by Gasteiger charge is 2.27. The highest BCUT2D eigenvalue weighted by atomic mass is 15.0. The van der Waals surface area contributed by atoms with Crippen LogP contribution in [0.3, 0.4) is 0 Å². The number of hydrogen-bond acceptors (Lipinski definition) is 2. The third-order valence-electron chi connectivity index (χ3n) is 12.7. The van der Waals surface area contributed by atoms with Gasteiger partial charge in [0.2, 0.25) is 0 Å². The van der Waals surface area contributed by atoms with Crippen LogP contribution in [0.15, 0.2) is 218 Å². The van der Waals surface area contributed by atoms with Crippen LogP contribution in [0, 0.1) is 0 Å². The van der Waals surface area contributed by atoms with Gasteiger partial charge in [0.25, 0.3) is 0 Å². The Labute approximate surface area is 360 Å². The predicted molar refractivity (Wildman–Crippen MR) is 258 cm³/mol. The average Bonchev–Trinajstić information content (AvgIpc) is 3.87. The second-order valence-electron chi connectivity index (χ2n) is 16.4. The molecule has 2 atom stereocenters. The Bertz CT molecular complexity index is 3460. The molecule has 12 rings (SSSR count). The molecule has 0 saturated heterocycles. The van der Waals surface area contributed by atoms with E-state index in [1.807, 2.05) is 0 Å². The summed E-state index contributed by atoms with van der Waals surface area (Å²) in [5.41, 5.74) is 14.6. The van der Waals surface area contributed by atoms with Gasteiger partial charge in [0.05, 0.1) is 39.1 Å². The van der Waals surface area contributed by atoms with Crippen molar-refractivity contribution in [2.24, 2.45) is 0 Å². The second-order valence-corrected chi connectivity index (χ2v) is 16.4. The molecule has 294 valence electrons. The zero-order valence-corrected chi connectivity index (χ0v) is 34.1. The summed E-state index contributed by atoms with van der Waals surface area (Å²) in [6.07, 6.45) is 19.6. The van der Waals surface area contributed by atoms with Crippen molar-refractivity contribution in [1.29, 1.82) is 0 Å². The average molecular weight is 795 g/mol. The molecule has 62 heavy (non-hydrogen) atoms. The third kappa shape index (κ3) is 5.98. The van der Waals surface area contributed by atoms with Gasteiger partial charge in [-0.3, -0.25) is 0 Å². The summed E-state index contributed by atoms with van der Waals surface area (Å²) in [4.78, 5) is 10.8. The molecule has 10 aromatic rings. The van der Waals surface area contributed by atoms with Gasteiger partial charge in [-0.05, 0) is 72.5 Å². The molecule has 3 heterocycles. The number of nitrogens with zero attached hydrogens (tertiary/aromatic N) is 4. The topological polar surface area (TPSA) is 35.6 Å². The molecule has 2 unspecified atom stereocenters. The fraction of sp³-hybridized carbons (Fsp3) is 0.0690. The van der Waals surface area contributed by atoms with E-state index in [9.17, 15) is 0 Å². The molecular formula is C58H42N4. The van der Waals surface area contributed by atoms with Gasteiger partial charge in [-0.1, -0.05) is 170 Å². The van der Waals surface area contributed by atoms with E-state index in [4.69, 9.17) is 9.97 Å². The second kappa shape index (κ2) is 15.0. The zero-order valence-electron chi connectivity index (χ0n) is 34.1. The van der Waals surface area contributed by atoms with Gasteiger partial charge in [0.15, 0.2) is 5.82 Å². The molecule has 0 spiro atoms. The molecular weight excluding hydrogens is 753 g/mol. The van der Waals surface area contributed by atoms with Gasteiger partial charge in [0.1, 0.15) is 0 Å². The maximum absolute atomic E-state index is 5.43. The largest absolute Gasteiger partial charge is 0.309 e. The molecule has 4 nitrogen and oxygen atoms in total. The highest BCUT2D eigenvalue weighted by Crippen LogP contribution is 2.47. The summed E-state index contributed by atoms with van der Waals surface area (Å²) in [6.45, 7) is 0. The molecule has 2 aliphatic carbocycles. The Morgan fingerprint density at radius 1 is 0.452 bits per heavy atom. The van der Waals surface area contributed by atoms with Crippen molar-refractivity contribution in [3.8, 4) is 45.1 Å². The summed E-state index contributed by atoms with van der Waals surface area (Å²) in [7, 11) is 0. The molecule has 0 N–H and O–H groups in total. The monoisotopic (exact) mass is 794 g/mol. The van der Waals surface area contributed by atoms with E-state index in [-0.39, 0.29) is 11.8 Å². The predicted octanol–water partition coefficient (Wildman–Crippen LogP) is 14.9. The fourth-order valence-electron chi connectivity index (χ4n) is 9.91. The number of hydrogen-bond donors (Lipinski definition) is 0. The first-order chi connectivity index (χ1) is 30.8.